The Morgan fingerprint density at radius 1 is 1.06 bits per heavy atom. The second-order valence-electron chi connectivity index (χ2n) is 3.11. The molecule has 2 aromatic carbocycles. The van der Waals surface area contributed by atoms with Gasteiger partial charge in [-0.15, -0.1) is 0 Å². The molecule has 0 atom stereocenters. The molecule has 0 fully saturated rings. The normalized spacial score (nSPS) is 8.59. The summed E-state index contributed by atoms with van der Waals surface area (Å²) in [6.07, 6.45) is 0. The van der Waals surface area contributed by atoms with Crippen molar-refractivity contribution in [3.05, 3.63) is 66.2 Å². The lowest BCUT2D eigenvalue weighted by atomic mass is 10.2. The Balaban J connectivity index is 0.000000437. The van der Waals surface area contributed by atoms with E-state index in [1.807, 2.05) is 54.6 Å². The smallest absolute Gasteiger partial charge is 0.489 e. The monoisotopic (exact) mass is 365 g/mol. The summed E-state index contributed by atoms with van der Waals surface area (Å²) >= 11 is 6.44. The Labute approximate surface area is 124 Å². The topological polar surface area (TPSA) is 9.23 Å². The van der Waals surface area contributed by atoms with Crippen LogP contribution >= 0.6 is 25.8 Å². The fraction of sp³-hybridized carbons (Fsp3) is 0.0769. The molecule has 0 aromatic heterocycles. The zero-order chi connectivity index (χ0) is 12.3. The average molecular weight is 367 g/mol. The van der Waals surface area contributed by atoms with Crippen LogP contribution < -0.4 is 4.74 Å². The lowest BCUT2D eigenvalue weighted by Crippen LogP contribution is -1.94. The van der Waals surface area contributed by atoms with Crippen LogP contribution in [0.15, 0.2) is 54.6 Å². The van der Waals surface area contributed by atoms with E-state index in [-0.39, 0.29) is 16.0 Å². The van der Waals surface area contributed by atoms with Gasteiger partial charge in [0, 0.05) is 0 Å². The quantitative estimate of drug-likeness (QED) is 0.732. The fourth-order valence-corrected chi connectivity index (χ4v) is 1.21. The van der Waals surface area contributed by atoms with Crippen LogP contribution in [0.2, 0.25) is 0 Å². The molecule has 0 aliphatic carbocycles. The van der Waals surface area contributed by atoms with Gasteiger partial charge in [0.1, 0.15) is 12.4 Å². The number of rotatable bonds is 3. The highest BCUT2D eigenvalue weighted by Gasteiger charge is 1.92. The molecule has 2 aromatic rings. The van der Waals surface area contributed by atoms with Crippen molar-refractivity contribution in [2.45, 2.75) is 6.61 Å². The second kappa shape index (κ2) is 9.94. The largest absolute Gasteiger partial charge is 0.560 e. The molecule has 0 bridgehead atoms. The van der Waals surface area contributed by atoms with Crippen LogP contribution in [-0.4, -0.2) is 16.0 Å². The van der Waals surface area contributed by atoms with Crippen molar-refractivity contribution in [2.75, 3.05) is 0 Å². The number of benzene rings is 2. The zero-order valence-electron chi connectivity index (χ0n) is 9.27. The minimum atomic E-state index is 0.0417. The summed E-state index contributed by atoms with van der Waals surface area (Å²) in [5.74, 6) is 0.858. The van der Waals surface area contributed by atoms with Gasteiger partial charge in [-0.2, -0.15) is 0 Å². The van der Waals surface area contributed by atoms with E-state index in [4.69, 9.17) is 4.74 Å². The Morgan fingerprint density at radius 3 is 2.35 bits per heavy atom. The van der Waals surface area contributed by atoms with Crippen LogP contribution in [0.3, 0.4) is 0 Å². The molecule has 85 valence electrons. The summed E-state index contributed by atoms with van der Waals surface area (Å²) in [5, 5.41) is 0. The zero-order valence-corrected chi connectivity index (χ0v) is 13.9. The molecule has 1 radical (unpaired) electrons. The summed E-state index contributed by atoms with van der Waals surface area (Å²) in [7, 11) is 0. The molecule has 4 heteroatoms. The molecule has 2 rings (SSSR count). The van der Waals surface area contributed by atoms with Gasteiger partial charge in [-0.25, -0.2) is 0 Å². The van der Waals surface area contributed by atoms with Crippen molar-refractivity contribution < 1.29 is 4.74 Å². The molecule has 0 aliphatic rings. The van der Waals surface area contributed by atoms with Crippen LogP contribution in [0, 0.1) is 6.07 Å². The maximum Gasteiger partial charge on any atom is 0.560 e. The van der Waals surface area contributed by atoms with E-state index < -0.39 is 0 Å². The molecular formula is C13H11Br2MgO. The van der Waals surface area contributed by atoms with Crippen molar-refractivity contribution in [3.8, 4) is 5.75 Å². The first kappa shape index (κ1) is 15.0. The number of halogens is 2. The molecule has 0 saturated heterocycles. The third-order valence-corrected chi connectivity index (χ3v) is 1.93. The van der Waals surface area contributed by atoms with Gasteiger partial charge in [0.15, 0.2) is 0 Å². The Bertz CT molecular complexity index is 355. The molecule has 0 spiro atoms. The highest BCUT2D eigenvalue weighted by atomic mass is 79.9. The summed E-state index contributed by atoms with van der Waals surface area (Å²) < 4.78 is 5.56. The van der Waals surface area contributed by atoms with Crippen LogP contribution in [0.4, 0.5) is 0 Å². The molecule has 1 nitrogen and oxygen atoms in total. The number of ether oxygens (including phenoxy) is 1. The van der Waals surface area contributed by atoms with E-state index in [2.05, 4.69) is 31.8 Å². The summed E-state index contributed by atoms with van der Waals surface area (Å²) in [4.78, 5) is 0. The van der Waals surface area contributed by atoms with Crippen molar-refractivity contribution in [3.63, 3.8) is 0 Å². The van der Waals surface area contributed by atoms with Crippen molar-refractivity contribution in [2.24, 2.45) is 0 Å². The molecule has 0 aliphatic heterocycles. The van der Waals surface area contributed by atoms with E-state index in [1.165, 1.54) is 5.56 Å². The van der Waals surface area contributed by atoms with Gasteiger partial charge < -0.3 is 4.74 Å². The Hall–Kier alpha value is -0.0338. The van der Waals surface area contributed by atoms with Crippen LogP contribution in [0.25, 0.3) is 0 Å². The van der Waals surface area contributed by atoms with Crippen molar-refractivity contribution >= 4 is 41.8 Å². The summed E-state index contributed by atoms with van der Waals surface area (Å²) in [6.45, 7) is 0.610. The SMILES string of the molecule is [Br][Mg][Br].[c]1cccc(OCc2ccccc2)c1. The fourth-order valence-electron chi connectivity index (χ4n) is 1.21. The lowest BCUT2D eigenvalue weighted by molar-refractivity contribution is 0.306. The maximum atomic E-state index is 5.56. The van der Waals surface area contributed by atoms with Gasteiger partial charge in [0.2, 0.25) is 0 Å². The van der Waals surface area contributed by atoms with E-state index >= 15 is 0 Å². The number of hydrogen-bond donors (Lipinski definition) is 0. The van der Waals surface area contributed by atoms with E-state index in [1.54, 1.807) is 0 Å². The van der Waals surface area contributed by atoms with Crippen molar-refractivity contribution in [1.82, 2.24) is 0 Å². The predicted molar refractivity (Wildman–Crippen MR) is 79.7 cm³/mol. The van der Waals surface area contributed by atoms with Gasteiger partial charge in [-0.1, -0.05) is 42.5 Å². The minimum Gasteiger partial charge on any atom is -0.489 e. The summed E-state index contributed by atoms with van der Waals surface area (Å²) in [5.41, 5.74) is 1.18. The summed E-state index contributed by atoms with van der Waals surface area (Å²) in [6, 6.07) is 20.6. The van der Waals surface area contributed by atoms with Gasteiger partial charge in [0.25, 0.3) is 0 Å². The predicted octanol–water partition coefficient (Wildman–Crippen LogP) is 4.38. The second-order valence-corrected chi connectivity index (χ2v) is 11.2. The highest BCUT2D eigenvalue weighted by Crippen LogP contribution is 2.10. The first-order chi connectivity index (χ1) is 8.36. The first-order valence-electron chi connectivity index (χ1n) is 5.11. The average Bonchev–Trinajstić information content (AvgIpc) is 2.40. The van der Waals surface area contributed by atoms with Gasteiger partial charge in [0.05, 0.1) is 0 Å². The van der Waals surface area contributed by atoms with E-state index in [0.29, 0.717) is 6.61 Å². The van der Waals surface area contributed by atoms with E-state index in [0.717, 1.165) is 5.75 Å². The van der Waals surface area contributed by atoms with Gasteiger partial charge >= 0.3 is 16.0 Å². The van der Waals surface area contributed by atoms with Gasteiger partial charge in [-0.3, -0.25) is 25.8 Å². The Morgan fingerprint density at radius 2 is 1.76 bits per heavy atom. The molecule has 0 N–H and O–H groups in total. The van der Waals surface area contributed by atoms with Crippen LogP contribution in [0.5, 0.6) is 5.75 Å². The molecular weight excluding hydrogens is 356 g/mol. The molecule has 0 heterocycles. The third-order valence-electron chi connectivity index (χ3n) is 1.93. The minimum absolute atomic E-state index is 0.0417. The lowest BCUT2D eigenvalue weighted by Gasteiger charge is -2.04. The molecule has 0 unspecified atom stereocenters. The van der Waals surface area contributed by atoms with Crippen LogP contribution in [0.1, 0.15) is 5.56 Å². The molecule has 17 heavy (non-hydrogen) atoms. The van der Waals surface area contributed by atoms with E-state index in [9.17, 15) is 0 Å². The maximum absolute atomic E-state index is 5.56. The molecule has 0 amide bonds. The first-order valence-corrected chi connectivity index (χ1v) is 12.9. The number of hydrogen-bond acceptors (Lipinski definition) is 1. The molecule has 0 saturated carbocycles. The Kier molecular flexibility index (Phi) is 8.79. The van der Waals surface area contributed by atoms with Gasteiger partial charge in [-0.05, 0) is 23.8 Å². The van der Waals surface area contributed by atoms with Crippen molar-refractivity contribution in [1.29, 1.82) is 0 Å². The standard InChI is InChI=1S/C13H11O.2BrH.Mg/c1-3-7-12(8-4-1)11-14-13-9-5-2-6-10-13;;;/h1-5,7-10H,11H2;2*1H;/q;;;+2/p-2. The van der Waals surface area contributed by atoms with Crippen LogP contribution in [-0.2, 0) is 6.61 Å². The highest BCUT2D eigenvalue weighted by molar-refractivity contribution is 9.47. The third kappa shape index (κ3) is 7.08.